The maximum atomic E-state index is 12.6. The number of benzene rings is 1. The first-order chi connectivity index (χ1) is 12.6. The molecule has 0 radical (unpaired) electrons. The number of rotatable bonds is 8. The molecule has 1 rings (SSSR count). The summed E-state index contributed by atoms with van der Waals surface area (Å²) in [6.45, 7) is 14.3. The highest BCUT2D eigenvalue weighted by atomic mass is 31.2. The highest BCUT2D eigenvalue weighted by Crippen LogP contribution is 2.65. The Morgan fingerprint density at radius 1 is 0.571 bits per heavy atom. The van der Waals surface area contributed by atoms with Crippen LogP contribution in [-0.2, 0) is 19.4 Å². The summed E-state index contributed by atoms with van der Waals surface area (Å²) < 4.78 is 25.1. The molecule has 0 fully saturated rings. The molecule has 0 heterocycles. The number of hydrogen-bond acceptors (Lipinski definition) is 2. The third kappa shape index (κ3) is 3.57. The Bertz CT molecular complexity index is 728. The zero-order valence-corrected chi connectivity index (χ0v) is 20.1. The van der Waals surface area contributed by atoms with E-state index in [0.29, 0.717) is 33.4 Å². The molecule has 4 N–H and O–H groups in total. The van der Waals surface area contributed by atoms with Crippen molar-refractivity contribution >= 4 is 15.2 Å². The van der Waals surface area contributed by atoms with E-state index >= 15 is 0 Å². The smallest absolute Gasteiger partial charge is 0.324 e. The van der Waals surface area contributed by atoms with Crippen molar-refractivity contribution in [1.82, 2.24) is 0 Å². The summed E-state index contributed by atoms with van der Waals surface area (Å²) in [4.78, 5) is 41.0. The van der Waals surface area contributed by atoms with Crippen LogP contribution in [0.1, 0.15) is 86.8 Å². The van der Waals surface area contributed by atoms with E-state index in [1.165, 1.54) is 0 Å². The molecule has 0 aliphatic rings. The van der Waals surface area contributed by atoms with Gasteiger partial charge in [0.1, 0.15) is 0 Å². The standard InChI is InChI=1S/C20H36O6P2/c1-9-19(10-2,27(21,22)23)17-13(5)15(7)18(16(8)14(17)6)20(11-3,12-4)28(24,25)26/h9-12H2,1-8H3,(H2,21,22,23)(H2,24,25,26). The minimum atomic E-state index is -4.48. The molecule has 1 aromatic carbocycles. The SMILES string of the molecule is CCC(CC)(c1c(C)c(C)c(C(CC)(CC)P(=O)(O)O)c(C)c1C)P(=O)(O)O. The van der Waals surface area contributed by atoms with E-state index in [4.69, 9.17) is 0 Å². The molecular formula is C20H36O6P2. The molecule has 0 amide bonds. The van der Waals surface area contributed by atoms with E-state index < -0.39 is 25.5 Å². The second kappa shape index (κ2) is 8.34. The minimum absolute atomic E-state index is 0.277. The maximum Gasteiger partial charge on any atom is 0.335 e. The van der Waals surface area contributed by atoms with Crippen LogP contribution in [0, 0.1) is 27.7 Å². The average molecular weight is 434 g/mol. The van der Waals surface area contributed by atoms with Crippen LogP contribution < -0.4 is 0 Å². The van der Waals surface area contributed by atoms with Crippen LogP contribution in [0.2, 0.25) is 0 Å². The van der Waals surface area contributed by atoms with Crippen LogP contribution in [0.25, 0.3) is 0 Å². The summed E-state index contributed by atoms with van der Waals surface area (Å²) in [7, 11) is -8.96. The van der Waals surface area contributed by atoms with Crippen LogP contribution in [-0.4, -0.2) is 19.6 Å². The molecule has 0 atom stereocenters. The molecule has 0 spiro atoms. The molecule has 28 heavy (non-hydrogen) atoms. The Morgan fingerprint density at radius 2 is 0.750 bits per heavy atom. The monoisotopic (exact) mass is 434 g/mol. The fourth-order valence-corrected chi connectivity index (χ4v) is 7.93. The molecule has 0 aromatic heterocycles. The van der Waals surface area contributed by atoms with Gasteiger partial charge in [0.2, 0.25) is 0 Å². The van der Waals surface area contributed by atoms with Crippen molar-refractivity contribution in [2.75, 3.05) is 0 Å². The van der Waals surface area contributed by atoms with Crippen LogP contribution in [0.4, 0.5) is 0 Å². The van der Waals surface area contributed by atoms with Crippen molar-refractivity contribution in [3.8, 4) is 0 Å². The molecule has 1 aromatic rings. The van der Waals surface area contributed by atoms with E-state index in [9.17, 15) is 28.7 Å². The lowest BCUT2D eigenvalue weighted by atomic mass is 9.76. The molecule has 8 heteroatoms. The van der Waals surface area contributed by atoms with Crippen molar-refractivity contribution in [2.45, 2.75) is 91.4 Å². The van der Waals surface area contributed by atoms with Gasteiger partial charge in [-0.2, -0.15) is 0 Å². The Labute approximate surface area is 169 Å². The fourth-order valence-electron chi connectivity index (χ4n) is 5.03. The van der Waals surface area contributed by atoms with Crippen molar-refractivity contribution in [2.24, 2.45) is 0 Å². The maximum absolute atomic E-state index is 12.6. The minimum Gasteiger partial charge on any atom is -0.324 e. The first-order valence-electron chi connectivity index (χ1n) is 9.86. The van der Waals surface area contributed by atoms with E-state index in [0.717, 1.165) is 0 Å². The highest BCUT2D eigenvalue weighted by molar-refractivity contribution is 7.53. The van der Waals surface area contributed by atoms with Crippen molar-refractivity contribution < 1.29 is 28.7 Å². The third-order valence-electron chi connectivity index (χ3n) is 7.01. The van der Waals surface area contributed by atoms with Gasteiger partial charge in [0.15, 0.2) is 0 Å². The van der Waals surface area contributed by atoms with E-state index in [-0.39, 0.29) is 25.7 Å². The molecule has 0 aliphatic carbocycles. The third-order valence-corrected chi connectivity index (χ3v) is 11.0. The van der Waals surface area contributed by atoms with Crippen molar-refractivity contribution in [3.63, 3.8) is 0 Å². The predicted octanol–water partition coefficient (Wildman–Crippen LogP) is 5.31. The molecule has 6 nitrogen and oxygen atoms in total. The van der Waals surface area contributed by atoms with Gasteiger partial charge < -0.3 is 19.6 Å². The van der Waals surface area contributed by atoms with Gasteiger partial charge in [-0.3, -0.25) is 9.13 Å². The van der Waals surface area contributed by atoms with Crippen LogP contribution in [0.3, 0.4) is 0 Å². The van der Waals surface area contributed by atoms with E-state index in [2.05, 4.69) is 0 Å². The lowest BCUT2D eigenvalue weighted by Crippen LogP contribution is -2.31. The molecule has 0 saturated carbocycles. The molecule has 0 bridgehead atoms. The summed E-state index contributed by atoms with van der Waals surface area (Å²) in [6, 6.07) is 0. The van der Waals surface area contributed by atoms with Gasteiger partial charge in [0.25, 0.3) is 0 Å². The largest absolute Gasteiger partial charge is 0.335 e. The van der Waals surface area contributed by atoms with Crippen LogP contribution in [0.5, 0.6) is 0 Å². The summed E-state index contributed by atoms with van der Waals surface area (Å²) in [5, 5.41) is -2.61. The molecule has 162 valence electrons. The van der Waals surface area contributed by atoms with Gasteiger partial charge >= 0.3 is 15.2 Å². The second-order valence-electron chi connectivity index (χ2n) is 7.82. The molecule has 0 aliphatic heterocycles. The Balaban J connectivity index is 4.18. The van der Waals surface area contributed by atoms with Gasteiger partial charge in [0, 0.05) is 0 Å². The molecule has 0 saturated heterocycles. The lowest BCUT2D eigenvalue weighted by Gasteiger charge is -2.41. The van der Waals surface area contributed by atoms with Crippen molar-refractivity contribution in [3.05, 3.63) is 33.4 Å². The first kappa shape index (κ1) is 25.6. The number of hydrogen-bond donors (Lipinski definition) is 4. The topological polar surface area (TPSA) is 115 Å². The summed E-state index contributed by atoms with van der Waals surface area (Å²) >= 11 is 0. The Kier molecular flexibility index (Phi) is 7.61. The molecule has 0 unspecified atom stereocenters. The van der Waals surface area contributed by atoms with Gasteiger partial charge in [-0.05, 0) is 86.8 Å². The van der Waals surface area contributed by atoms with E-state index in [1.54, 1.807) is 27.7 Å². The zero-order valence-electron chi connectivity index (χ0n) is 18.3. The average Bonchev–Trinajstić information content (AvgIpc) is 2.58. The van der Waals surface area contributed by atoms with Crippen molar-refractivity contribution in [1.29, 1.82) is 0 Å². The van der Waals surface area contributed by atoms with Gasteiger partial charge in [0.05, 0.1) is 10.3 Å². The summed E-state index contributed by atoms with van der Waals surface area (Å²) in [5.41, 5.74) is 4.09. The fraction of sp³-hybridized carbons (Fsp3) is 0.700. The summed E-state index contributed by atoms with van der Waals surface area (Å²) in [5.74, 6) is 0. The van der Waals surface area contributed by atoms with Gasteiger partial charge in [-0.15, -0.1) is 0 Å². The predicted molar refractivity (Wildman–Crippen MR) is 114 cm³/mol. The summed E-state index contributed by atoms with van der Waals surface area (Å²) in [6.07, 6.45) is 1.11. The zero-order chi connectivity index (χ0) is 22.3. The molecular weight excluding hydrogens is 398 g/mol. The van der Waals surface area contributed by atoms with Gasteiger partial charge in [-0.1, -0.05) is 27.7 Å². The second-order valence-corrected chi connectivity index (χ2v) is 11.7. The van der Waals surface area contributed by atoms with E-state index in [1.807, 2.05) is 27.7 Å². The normalized spacial score (nSPS) is 13.9. The Morgan fingerprint density at radius 3 is 0.857 bits per heavy atom. The first-order valence-corrected chi connectivity index (χ1v) is 13.1. The lowest BCUT2D eigenvalue weighted by molar-refractivity contribution is 0.310. The highest BCUT2D eigenvalue weighted by Gasteiger charge is 2.51. The quantitative estimate of drug-likeness (QED) is 0.413. The Hall–Kier alpha value is -0.480. The van der Waals surface area contributed by atoms with Gasteiger partial charge in [-0.25, -0.2) is 0 Å². The van der Waals surface area contributed by atoms with Crippen LogP contribution in [0.15, 0.2) is 0 Å². The van der Waals surface area contributed by atoms with Crippen LogP contribution >= 0.6 is 15.2 Å².